The second-order valence-electron chi connectivity index (χ2n) is 4.50. The Hall–Kier alpha value is -2.50. The van der Waals surface area contributed by atoms with E-state index in [1.807, 2.05) is 0 Å². The predicted molar refractivity (Wildman–Crippen MR) is 71.8 cm³/mol. The molecule has 1 unspecified atom stereocenters. The van der Waals surface area contributed by atoms with Crippen molar-refractivity contribution in [2.75, 3.05) is 5.32 Å². The molecule has 2 N–H and O–H groups in total. The Labute approximate surface area is 119 Å². The van der Waals surface area contributed by atoms with Crippen LogP contribution in [0.4, 0.5) is 18.9 Å². The standard InChI is InChI=1S/C15H12F3NO2/c1-8(14-11(17)3-2-4-12(14)18)19-13-7-9(15(20)21)5-6-10(13)16/h2-8,19H,1H3,(H,20,21). The summed E-state index contributed by atoms with van der Waals surface area (Å²) in [6.07, 6.45) is 0. The van der Waals surface area contributed by atoms with Gasteiger partial charge < -0.3 is 10.4 Å². The SMILES string of the molecule is CC(Nc1cc(C(=O)O)ccc1F)c1c(F)cccc1F. The molecular weight excluding hydrogens is 283 g/mol. The van der Waals surface area contributed by atoms with Gasteiger partial charge in [-0.05, 0) is 37.3 Å². The highest BCUT2D eigenvalue weighted by Crippen LogP contribution is 2.26. The molecular formula is C15H12F3NO2. The van der Waals surface area contributed by atoms with Crippen LogP contribution in [0.25, 0.3) is 0 Å². The summed E-state index contributed by atoms with van der Waals surface area (Å²) < 4.78 is 41.0. The first-order valence-corrected chi connectivity index (χ1v) is 6.13. The summed E-state index contributed by atoms with van der Waals surface area (Å²) in [4.78, 5) is 10.9. The van der Waals surface area contributed by atoms with E-state index < -0.39 is 29.5 Å². The summed E-state index contributed by atoms with van der Waals surface area (Å²) in [6.45, 7) is 1.45. The van der Waals surface area contributed by atoms with Gasteiger partial charge in [-0.1, -0.05) is 6.07 Å². The molecule has 1 atom stereocenters. The van der Waals surface area contributed by atoms with E-state index >= 15 is 0 Å². The van der Waals surface area contributed by atoms with Crippen molar-refractivity contribution < 1.29 is 23.1 Å². The third-order valence-electron chi connectivity index (χ3n) is 3.02. The van der Waals surface area contributed by atoms with Gasteiger partial charge in [-0.3, -0.25) is 0 Å². The number of hydrogen-bond donors (Lipinski definition) is 2. The molecule has 0 saturated carbocycles. The predicted octanol–water partition coefficient (Wildman–Crippen LogP) is 3.98. The summed E-state index contributed by atoms with van der Waals surface area (Å²) in [5.41, 5.74) is -0.497. The Balaban J connectivity index is 2.33. The van der Waals surface area contributed by atoms with Crippen LogP contribution in [0.1, 0.15) is 28.9 Å². The maximum Gasteiger partial charge on any atom is 0.335 e. The summed E-state index contributed by atoms with van der Waals surface area (Å²) in [6, 6.07) is 5.72. The largest absolute Gasteiger partial charge is 0.478 e. The van der Waals surface area contributed by atoms with E-state index in [1.165, 1.54) is 13.0 Å². The van der Waals surface area contributed by atoms with Crippen LogP contribution in [0.5, 0.6) is 0 Å². The minimum Gasteiger partial charge on any atom is -0.478 e. The molecule has 0 amide bonds. The number of anilines is 1. The van der Waals surface area contributed by atoms with Crippen LogP contribution in [-0.2, 0) is 0 Å². The molecule has 2 rings (SSSR count). The van der Waals surface area contributed by atoms with Gasteiger partial charge in [0.05, 0.1) is 17.3 Å². The quantitative estimate of drug-likeness (QED) is 0.897. The van der Waals surface area contributed by atoms with Crippen molar-refractivity contribution >= 4 is 11.7 Å². The highest BCUT2D eigenvalue weighted by atomic mass is 19.1. The first-order valence-electron chi connectivity index (χ1n) is 6.13. The van der Waals surface area contributed by atoms with E-state index in [-0.39, 0.29) is 16.8 Å². The molecule has 0 radical (unpaired) electrons. The Bertz CT molecular complexity index is 668. The van der Waals surface area contributed by atoms with E-state index in [1.54, 1.807) is 0 Å². The lowest BCUT2D eigenvalue weighted by Crippen LogP contribution is -2.12. The molecule has 0 aliphatic heterocycles. The van der Waals surface area contributed by atoms with Crippen molar-refractivity contribution in [2.24, 2.45) is 0 Å². The van der Waals surface area contributed by atoms with Crippen LogP contribution in [-0.4, -0.2) is 11.1 Å². The molecule has 0 bridgehead atoms. The molecule has 21 heavy (non-hydrogen) atoms. The Morgan fingerprint density at radius 1 is 1.10 bits per heavy atom. The van der Waals surface area contributed by atoms with E-state index in [0.29, 0.717) is 0 Å². The maximum absolute atomic E-state index is 13.7. The van der Waals surface area contributed by atoms with Crippen molar-refractivity contribution in [3.8, 4) is 0 Å². The molecule has 0 fully saturated rings. The normalized spacial score (nSPS) is 12.0. The average molecular weight is 295 g/mol. The van der Waals surface area contributed by atoms with Gasteiger partial charge in [-0.15, -0.1) is 0 Å². The van der Waals surface area contributed by atoms with Crippen molar-refractivity contribution in [3.05, 3.63) is 65.0 Å². The third kappa shape index (κ3) is 3.16. The molecule has 6 heteroatoms. The lowest BCUT2D eigenvalue weighted by molar-refractivity contribution is 0.0697. The summed E-state index contributed by atoms with van der Waals surface area (Å²) in [7, 11) is 0. The van der Waals surface area contributed by atoms with Crippen LogP contribution in [0.2, 0.25) is 0 Å². The van der Waals surface area contributed by atoms with Gasteiger partial charge in [-0.25, -0.2) is 18.0 Å². The molecule has 0 aliphatic carbocycles. The molecule has 110 valence electrons. The Kier molecular flexibility index (Phi) is 4.16. The molecule has 2 aromatic rings. The lowest BCUT2D eigenvalue weighted by atomic mass is 10.1. The summed E-state index contributed by atoms with van der Waals surface area (Å²) >= 11 is 0. The monoisotopic (exact) mass is 295 g/mol. The van der Waals surface area contributed by atoms with Gasteiger partial charge >= 0.3 is 5.97 Å². The van der Waals surface area contributed by atoms with Crippen molar-refractivity contribution in [3.63, 3.8) is 0 Å². The molecule has 2 aromatic carbocycles. The molecule has 0 heterocycles. The van der Waals surface area contributed by atoms with E-state index in [4.69, 9.17) is 5.11 Å². The number of halogens is 3. The number of nitrogens with one attached hydrogen (secondary N) is 1. The number of aromatic carboxylic acids is 1. The number of rotatable bonds is 4. The van der Waals surface area contributed by atoms with Gasteiger partial charge in [-0.2, -0.15) is 0 Å². The van der Waals surface area contributed by atoms with Gasteiger partial charge in [0.2, 0.25) is 0 Å². The lowest BCUT2D eigenvalue weighted by Gasteiger charge is -2.18. The van der Waals surface area contributed by atoms with Gasteiger partial charge in [0, 0.05) is 5.56 Å². The van der Waals surface area contributed by atoms with Crippen LogP contribution >= 0.6 is 0 Å². The van der Waals surface area contributed by atoms with Crippen LogP contribution in [0.15, 0.2) is 36.4 Å². The van der Waals surface area contributed by atoms with Crippen LogP contribution in [0, 0.1) is 17.5 Å². The summed E-state index contributed by atoms with van der Waals surface area (Å²) in [5, 5.41) is 11.5. The number of benzene rings is 2. The zero-order valence-corrected chi connectivity index (χ0v) is 11.0. The highest BCUT2D eigenvalue weighted by Gasteiger charge is 2.17. The maximum atomic E-state index is 13.7. The molecule has 0 aromatic heterocycles. The highest BCUT2D eigenvalue weighted by molar-refractivity contribution is 5.88. The van der Waals surface area contributed by atoms with Gasteiger partial charge in [0.1, 0.15) is 17.5 Å². The smallest absolute Gasteiger partial charge is 0.335 e. The molecule has 0 aliphatic rings. The van der Waals surface area contributed by atoms with Crippen LogP contribution < -0.4 is 5.32 Å². The third-order valence-corrected chi connectivity index (χ3v) is 3.02. The average Bonchev–Trinajstić information content (AvgIpc) is 2.40. The Morgan fingerprint density at radius 3 is 2.29 bits per heavy atom. The first kappa shape index (κ1) is 14.9. The fourth-order valence-corrected chi connectivity index (χ4v) is 2.00. The van der Waals surface area contributed by atoms with Gasteiger partial charge in [0.15, 0.2) is 0 Å². The second kappa shape index (κ2) is 5.87. The van der Waals surface area contributed by atoms with Gasteiger partial charge in [0.25, 0.3) is 0 Å². The Morgan fingerprint density at radius 2 is 1.71 bits per heavy atom. The second-order valence-corrected chi connectivity index (χ2v) is 4.50. The fourth-order valence-electron chi connectivity index (χ4n) is 2.00. The van der Waals surface area contributed by atoms with E-state index in [2.05, 4.69) is 5.32 Å². The molecule has 0 spiro atoms. The minimum atomic E-state index is -1.22. The number of carboxylic acids is 1. The van der Waals surface area contributed by atoms with Crippen molar-refractivity contribution in [1.82, 2.24) is 0 Å². The number of hydrogen-bond acceptors (Lipinski definition) is 2. The topological polar surface area (TPSA) is 49.3 Å². The molecule has 3 nitrogen and oxygen atoms in total. The van der Waals surface area contributed by atoms with Crippen LogP contribution in [0.3, 0.4) is 0 Å². The minimum absolute atomic E-state index is 0.125. The number of carbonyl (C=O) groups is 1. The number of carboxylic acid groups (broad SMARTS) is 1. The van der Waals surface area contributed by atoms with E-state index in [9.17, 15) is 18.0 Å². The van der Waals surface area contributed by atoms with Crippen molar-refractivity contribution in [1.29, 1.82) is 0 Å². The molecule has 0 saturated heterocycles. The van der Waals surface area contributed by atoms with Crippen molar-refractivity contribution in [2.45, 2.75) is 13.0 Å². The zero-order chi connectivity index (χ0) is 15.6. The summed E-state index contributed by atoms with van der Waals surface area (Å²) in [5.74, 6) is -3.44. The fraction of sp³-hybridized carbons (Fsp3) is 0.133. The zero-order valence-electron chi connectivity index (χ0n) is 11.0. The first-order chi connectivity index (χ1) is 9.90. The van der Waals surface area contributed by atoms with E-state index in [0.717, 1.165) is 30.3 Å².